The number of allylic oxidation sites excluding steroid dienone is 4. The molecule has 0 spiro atoms. The zero-order valence-electron chi connectivity index (χ0n) is 45.4. The van der Waals surface area contributed by atoms with Crippen LogP contribution in [-0.4, -0.2) is 87.8 Å². The normalized spacial score (nSPS) is 17.5. The van der Waals surface area contributed by atoms with Crippen LogP contribution in [-0.2, 0) is 34.1 Å². The van der Waals surface area contributed by atoms with Crippen molar-refractivity contribution in [3.05, 3.63) is 84.1 Å². The lowest BCUT2D eigenvalue weighted by Crippen LogP contribution is -2.50. The quantitative estimate of drug-likeness (QED) is 0.0391. The number of methoxy groups -OCH3 is 3. The van der Waals surface area contributed by atoms with Crippen LogP contribution in [0.4, 0.5) is 0 Å². The highest BCUT2D eigenvalue weighted by Crippen LogP contribution is 2.42. The number of carbonyl (C=O) groups excluding carboxylic acids is 1. The second-order valence-corrected chi connectivity index (χ2v) is 37.2. The summed E-state index contributed by atoms with van der Waals surface area (Å²) in [6, 6.07) is 8.14. The van der Waals surface area contributed by atoms with Gasteiger partial charge in [0.1, 0.15) is 12.0 Å². The Morgan fingerprint density at radius 3 is 1.80 bits per heavy atom. The molecule has 0 radical (unpaired) electrons. The van der Waals surface area contributed by atoms with Crippen molar-refractivity contribution in [3.63, 3.8) is 0 Å². The van der Waals surface area contributed by atoms with Crippen LogP contribution < -0.4 is 4.74 Å². The Morgan fingerprint density at radius 1 is 0.712 bits per heavy atom. The molecule has 0 aliphatic carbocycles. The zero-order chi connectivity index (χ0) is 50.5. The van der Waals surface area contributed by atoms with Crippen molar-refractivity contribution in [2.24, 2.45) is 11.8 Å². The third-order valence-corrected chi connectivity index (χ3v) is 28.1. The molecule has 0 aliphatic heterocycles. The second kappa shape index (κ2) is 25.3. The van der Waals surface area contributed by atoms with Gasteiger partial charge < -0.3 is 36.6 Å². The number of hydrogen-bond donors (Lipinski definition) is 0. The lowest BCUT2D eigenvalue weighted by Gasteiger charge is -2.45. The average molecular weight is 973 g/mol. The minimum absolute atomic E-state index is 0.0178. The maximum atomic E-state index is 12.1. The Bertz CT molecular complexity index is 1830. The van der Waals surface area contributed by atoms with Crippen molar-refractivity contribution in [1.82, 2.24) is 4.98 Å². The number of nitrogens with zero attached hydrogens (tertiary/aromatic N) is 1. The molecule has 0 bridgehead atoms. The minimum Gasteiger partial charge on any atom is -0.497 e. The molecule has 2 rings (SSSR count). The van der Waals surface area contributed by atoms with E-state index in [0.29, 0.717) is 18.9 Å². The van der Waals surface area contributed by atoms with Crippen molar-refractivity contribution >= 4 is 30.9 Å². The van der Waals surface area contributed by atoms with Gasteiger partial charge in [0, 0.05) is 31.5 Å². The van der Waals surface area contributed by atoms with Crippen molar-refractivity contribution in [2.75, 3.05) is 21.3 Å². The molecular formula is C53H93NO9Si3. The molecule has 376 valence electrons. The van der Waals surface area contributed by atoms with Gasteiger partial charge in [-0.3, -0.25) is 0 Å². The average Bonchev–Trinajstić information content (AvgIpc) is 3.70. The topological polar surface area (TPSA) is 108 Å². The highest BCUT2D eigenvalue weighted by molar-refractivity contribution is 6.75. The largest absolute Gasteiger partial charge is 0.497 e. The number of aromatic nitrogens is 1. The fourth-order valence-electron chi connectivity index (χ4n) is 7.02. The number of carbonyl (C=O) groups is 1. The van der Waals surface area contributed by atoms with Crippen LogP contribution in [0.3, 0.4) is 0 Å². The predicted molar refractivity (Wildman–Crippen MR) is 280 cm³/mol. The summed E-state index contributed by atoms with van der Waals surface area (Å²) in [7, 11) is -1.62. The monoisotopic (exact) mass is 972 g/mol. The van der Waals surface area contributed by atoms with Gasteiger partial charge in [-0.1, -0.05) is 132 Å². The molecule has 0 saturated heterocycles. The molecule has 10 nitrogen and oxygen atoms in total. The number of esters is 1. The summed E-state index contributed by atoms with van der Waals surface area (Å²) in [6.45, 7) is 43.7. The van der Waals surface area contributed by atoms with Gasteiger partial charge in [0.15, 0.2) is 36.5 Å². The van der Waals surface area contributed by atoms with Gasteiger partial charge in [0.25, 0.3) is 0 Å². The van der Waals surface area contributed by atoms with Gasteiger partial charge in [-0.25, -0.2) is 9.78 Å². The first-order chi connectivity index (χ1) is 30.3. The van der Waals surface area contributed by atoms with Crippen molar-refractivity contribution in [3.8, 4) is 5.75 Å². The predicted octanol–water partition coefficient (Wildman–Crippen LogP) is 14.5. The molecular weight excluding hydrogens is 879 g/mol. The Hall–Kier alpha value is -2.63. The molecule has 1 unspecified atom stereocenters. The van der Waals surface area contributed by atoms with E-state index in [4.69, 9.17) is 36.6 Å². The van der Waals surface area contributed by atoms with Gasteiger partial charge >= 0.3 is 5.97 Å². The zero-order valence-corrected chi connectivity index (χ0v) is 48.4. The second-order valence-electron chi connectivity index (χ2n) is 22.9. The van der Waals surface area contributed by atoms with E-state index in [1.54, 1.807) is 14.2 Å². The van der Waals surface area contributed by atoms with E-state index in [1.807, 2.05) is 19.1 Å². The third-order valence-electron chi connectivity index (χ3n) is 14.5. The lowest BCUT2D eigenvalue weighted by atomic mass is 9.86. The van der Waals surface area contributed by atoms with Crippen molar-refractivity contribution < 1.29 is 41.4 Å². The Labute approximate surface area is 405 Å². The summed E-state index contributed by atoms with van der Waals surface area (Å²) in [4.78, 5) is 16.5. The summed E-state index contributed by atoms with van der Waals surface area (Å²) in [5, 5.41) is 0.181. The first kappa shape index (κ1) is 59.5. The summed E-state index contributed by atoms with van der Waals surface area (Å²) in [5.41, 5.74) is 1.24. The van der Waals surface area contributed by atoms with E-state index in [-0.39, 0.29) is 69.1 Å². The molecule has 66 heavy (non-hydrogen) atoms. The molecule has 13 heteroatoms. The number of hydrogen-bond acceptors (Lipinski definition) is 10. The van der Waals surface area contributed by atoms with Crippen LogP contribution in [0, 0.1) is 11.8 Å². The minimum atomic E-state index is -2.17. The van der Waals surface area contributed by atoms with E-state index in [2.05, 4.69) is 176 Å². The molecule has 0 fully saturated rings. The van der Waals surface area contributed by atoms with Crippen LogP contribution in [0.5, 0.6) is 5.75 Å². The molecule has 0 N–H and O–H groups in total. The first-order valence-corrected chi connectivity index (χ1v) is 32.9. The van der Waals surface area contributed by atoms with E-state index >= 15 is 0 Å². The van der Waals surface area contributed by atoms with Crippen LogP contribution in [0.25, 0.3) is 0 Å². The Kier molecular flexibility index (Phi) is 22.8. The number of oxazole rings is 1. The highest BCUT2D eigenvalue weighted by atomic mass is 28.4. The van der Waals surface area contributed by atoms with Crippen LogP contribution in [0.2, 0.25) is 54.4 Å². The molecule has 0 aliphatic rings. The van der Waals surface area contributed by atoms with Gasteiger partial charge in [-0.05, 0) is 91.9 Å². The third kappa shape index (κ3) is 18.0. The van der Waals surface area contributed by atoms with Crippen molar-refractivity contribution in [2.45, 2.75) is 207 Å². The summed E-state index contributed by atoms with van der Waals surface area (Å²) in [6.07, 6.45) is 15.9. The van der Waals surface area contributed by atoms with E-state index < -0.39 is 30.9 Å². The standard InChI is InChI=1S/C53H93NO9Si3/c1-38(28-26-24-23-25-27-29-44(62-65(19,20)52(8,9)10)35-46(57-15)41(4)49-54-45(37-60-49)50(55)58-16)48(59-36-42-30-32-43(56-14)33-31-42)40(3)47(63-66(21,22)53(11,12)13)34-39(2)61-64(17,18)51(5,6)7/h23,25-33,37-41,44,46-48H,24,34-36H2,1-22H3/b25-23+,28-26-,29-27+/t38-,39+,40-,41+,44-,46+,47?,48-/m0/s1. The maximum absolute atomic E-state index is 12.1. The van der Waals surface area contributed by atoms with E-state index in [9.17, 15) is 4.79 Å². The molecule has 1 heterocycles. The van der Waals surface area contributed by atoms with Gasteiger partial charge in [0.2, 0.25) is 0 Å². The Balaban J connectivity index is 2.40. The lowest BCUT2D eigenvalue weighted by molar-refractivity contribution is -0.0601. The van der Waals surface area contributed by atoms with E-state index in [1.165, 1.54) is 13.4 Å². The molecule has 1 aromatic heterocycles. The molecule has 8 atom stereocenters. The summed E-state index contributed by atoms with van der Waals surface area (Å²) < 4.78 is 50.2. The molecule has 1 aromatic carbocycles. The molecule has 0 amide bonds. The number of rotatable bonds is 26. The van der Waals surface area contributed by atoms with Crippen molar-refractivity contribution in [1.29, 1.82) is 0 Å². The highest BCUT2D eigenvalue weighted by Gasteiger charge is 2.44. The summed E-state index contributed by atoms with van der Waals surface area (Å²) in [5.74, 6) is 0.667. The number of ether oxygens (including phenoxy) is 4. The van der Waals surface area contributed by atoms with Crippen LogP contribution >= 0.6 is 0 Å². The SMILES string of the molecule is COC(=O)c1coc([C@H](C)[C@@H](C[C@H](/C=C/C=C/C/C=C\[C@H](C)[C@H](OCc2ccc(OC)cc2)[C@@H](C)C(C[C@@H](C)O[Si](C)(C)C(C)(C)C)O[Si](C)(C)C(C)(C)C)O[Si](C)(C)C(C)(C)C)OC)n1. The van der Waals surface area contributed by atoms with Gasteiger partial charge in [-0.15, -0.1) is 0 Å². The first-order valence-electron chi connectivity index (χ1n) is 24.1. The fourth-order valence-corrected chi connectivity index (χ4v) is 11.2. The van der Waals surface area contributed by atoms with E-state index in [0.717, 1.165) is 24.2 Å². The Morgan fingerprint density at radius 2 is 1.27 bits per heavy atom. The van der Waals surface area contributed by atoms with Gasteiger partial charge in [-0.2, -0.15) is 0 Å². The van der Waals surface area contributed by atoms with Gasteiger partial charge in [0.05, 0.1) is 51.2 Å². The molecule has 0 saturated carbocycles. The smallest absolute Gasteiger partial charge is 0.360 e. The summed E-state index contributed by atoms with van der Waals surface area (Å²) >= 11 is 0. The molecule has 2 aromatic rings. The van der Waals surface area contributed by atoms with Crippen LogP contribution in [0.1, 0.15) is 137 Å². The maximum Gasteiger partial charge on any atom is 0.360 e. The van der Waals surface area contributed by atoms with Crippen LogP contribution in [0.15, 0.2) is 71.4 Å². The fraction of sp³-hybridized carbons (Fsp3) is 0.698. The number of benzene rings is 1.